The van der Waals surface area contributed by atoms with E-state index in [9.17, 15) is 14.7 Å². The second-order valence-corrected chi connectivity index (χ2v) is 7.28. The number of fused-ring (bicyclic) bond motifs is 1. The van der Waals surface area contributed by atoms with Gasteiger partial charge in [0, 0.05) is 10.2 Å². The predicted molar refractivity (Wildman–Crippen MR) is 91.6 cm³/mol. The van der Waals surface area contributed by atoms with Gasteiger partial charge in [-0.1, -0.05) is 34.2 Å². The predicted octanol–water partition coefficient (Wildman–Crippen LogP) is 2.76. The summed E-state index contributed by atoms with van der Waals surface area (Å²) in [5.74, 6) is -2.71. The molecule has 0 radical (unpaired) electrons. The first-order valence-corrected chi connectivity index (χ1v) is 8.58. The largest absolute Gasteiger partial charge is 0.481 e. The number of carboxylic acid groups (broad SMARTS) is 1. The molecule has 4 rings (SSSR count). The number of nitrogens with zero attached hydrogens (tertiary/aromatic N) is 1. The SMILES string of the molecule is C=CC[C@H]1N(c2ccc(Br)cc2)C(=O)[C@H]2[C@@H](C(=O)O)[C@@H]3C=C[C@]21O3. The van der Waals surface area contributed by atoms with Gasteiger partial charge >= 0.3 is 5.97 Å². The summed E-state index contributed by atoms with van der Waals surface area (Å²) < 4.78 is 6.97. The van der Waals surface area contributed by atoms with Crippen LogP contribution < -0.4 is 4.90 Å². The molecule has 5 nitrogen and oxygen atoms in total. The third-order valence-corrected chi connectivity index (χ3v) is 5.73. The highest BCUT2D eigenvalue weighted by molar-refractivity contribution is 9.10. The van der Waals surface area contributed by atoms with E-state index in [1.807, 2.05) is 30.3 Å². The molecule has 24 heavy (non-hydrogen) atoms. The van der Waals surface area contributed by atoms with Crippen LogP contribution in [0.5, 0.6) is 0 Å². The number of hydrogen-bond acceptors (Lipinski definition) is 3. The van der Waals surface area contributed by atoms with Crippen LogP contribution in [0, 0.1) is 11.8 Å². The van der Waals surface area contributed by atoms with Crippen molar-refractivity contribution in [2.75, 3.05) is 4.90 Å². The number of carbonyl (C=O) groups is 2. The first-order valence-electron chi connectivity index (χ1n) is 7.79. The Kier molecular flexibility index (Phi) is 3.44. The second kappa shape index (κ2) is 5.29. The van der Waals surface area contributed by atoms with Crippen LogP contribution in [-0.4, -0.2) is 34.7 Å². The molecule has 3 heterocycles. The minimum absolute atomic E-state index is 0.191. The molecule has 5 atom stereocenters. The van der Waals surface area contributed by atoms with Gasteiger partial charge in [-0.15, -0.1) is 6.58 Å². The number of ether oxygens (including phenoxy) is 1. The van der Waals surface area contributed by atoms with E-state index in [0.29, 0.717) is 6.42 Å². The Balaban J connectivity index is 1.83. The third-order valence-electron chi connectivity index (χ3n) is 5.20. The third kappa shape index (κ3) is 1.90. The second-order valence-electron chi connectivity index (χ2n) is 6.36. The molecule has 0 saturated carbocycles. The molecular formula is C18H16BrNO4. The summed E-state index contributed by atoms with van der Waals surface area (Å²) in [7, 11) is 0. The highest BCUT2D eigenvalue weighted by Crippen LogP contribution is 2.56. The zero-order valence-electron chi connectivity index (χ0n) is 12.8. The summed E-state index contributed by atoms with van der Waals surface area (Å²) in [5.41, 5.74) is -0.144. The highest BCUT2D eigenvalue weighted by Gasteiger charge is 2.71. The van der Waals surface area contributed by atoms with Gasteiger partial charge in [0.1, 0.15) is 11.5 Å². The number of carbonyl (C=O) groups excluding carboxylic acids is 1. The van der Waals surface area contributed by atoms with Crippen molar-refractivity contribution in [2.24, 2.45) is 11.8 Å². The lowest BCUT2D eigenvalue weighted by Gasteiger charge is -2.32. The number of halogens is 1. The molecule has 2 fully saturated rings. The van der Waals surface area contributed by atoms with Gasteiger partial charge in [-0.2, -0.15) is 0 Å². The van der Waals surface area contributed by atoms with Crippen molar-refractivity contribution in [3.8, 4) is 0 Å². The molecule has 1 N–H and O–H groups in total. The first-order chi connectivity index (χ1) is 11.5. The zero-order valence-corrected chi connectivity index (χ0v) is 14.3. The summed E-state index contributed by atoms with van der Waals surface area (Å²) in [6.45, 7) is 3.80. The average molecular weight is 390 g/mol. The van der Waals surface area contributed by atoms with Crippen molar-refractivity contribution < 1.29 is 19.4 Å². The molecule has 1 spiro atoms. The molecule has 0 aliphatic carbocycles. The van der Waals surface area contributed by atoms with Crippen LogP contribution in [-0.2, 0) is 14.3 Å². The van der Waals surface area contributed by atoms with E-state index >= 15 is 0 Å². The summed E-state index contributed by atoms with van der Waals surface area (Å²) in [5, 5.41) is 9.60. The number of carboxylic acids is 1. The quantitative estimate of drug-likeness (QED) is 0.803. The topological polar surface area (TPSA) is 66.8 Å². The number of aliphatic carboxylic acids is 1. The fourth-order valence-corrected chi connectivity index (χ4v) is 4.55. The molecule has 1 amide bonds. The molecule has 2 saturated heterocycles. The maximum Gasteiger partial charge on any atom is 0.310 e. The van der Waals surface area contributed by atoms with Crippen molar-refractivity contribution in [1.82, 2.24) is 0 Å². The monoisotopic (exact) mass is 389 g/mol. The van der Waals surface area contributed by atoms with E-state index in [1.165, 1.54) is 0 Å². The maximum absolute atomic E-state index is 13.2. The van der Waals surface area contributed by atoms with E-state index in [0.717, 1.165) is 10.2 Å². The van der Waals surface area contributed by atoms with Gasteiger partial charge in [-0.3, -0.25) is 9.59 Å². The average Bonchev–Trinajstić information content (AvgIpc) is 3.18. The summed E-state index contributed by atoms with van der Waals surface area (Å²) >= 11 is 3.39. The standard InChI is InChI=1S/C18H16BrNO4/c1-2-3-13-18-9-8-12(24-18)14(17(22)23)15(18)16(21)20(13)11-6-4-10(19)5-7-11/h2,4-9,12-15H,1,3H2,(H,22,23)/t12-,13+,14-,15+,18+/m0/s1. The van der Waals surface area contributed by atoms with Crippen molar-refractivity contribution in [3.05, 3.63) is 53.5 Å². The molecule has 3 aliphatic heterocycles. The van der Waals surface area contributed by atoms with Gasteiger partial charge in [-0.25, -0.2) is 0 Å². The summed E-state index contributed by atoms with van der Waals surface area (Å²) in [4.78, 5) is 26.6. The number of hydrogen-bond donors (Lipinski definition) is 1. The Labute approximate surface area is 147 Å². The van der Waals surface area contributed by atoms with Gasteiger partial charge in [0.2, 0.25) is 5.91 Å². The number of anilines is 1. The van der Waals surface area contributed by atoms with Crippen molar-refractivity contribution in [1.29, 1.82) is 0 Å². The minimum atomic E-state index is -0.986. The van der Waals surface area contributed by atoms with Gasteiger partial charge in [0.15, 0.2) is 0 Å². The van der Waals surface area contributed by atoms with Crippen LogP contribution in [0.2, 0.25) is 0 Å². The summed E-state index contributed by atoms with van der Waals surface area (Å²) in [6, 6.07) is 7.13. The minimum Gasteiger partial charge on any atom is -0.481 e. The Morgan fingerprint density at radius 2 is 2.12 bits per heavy atom. The highest BCUT2D eigenvalue weighted by atomic mass is 79.9. The Morgan fingerprint density at radius 3 is 2.75 bits per heavy atom. The van der Waals surface area contributed by atoms with Crippen LogP contribution in [0.25, 0.3) is 0 Å². The van der Waals surface area contributed by atoms with Crippen LogP contribution in [0.15, 0.2) is 53.5 Å². The maximum atomic E-state index is 13.2. The summed E-state index contributed by atoms with van der Waals surface area (Å²) in [6.07, 6.45) is 5.41. The van der Waals surface area contributed by atoms with Crippen LogP contribution in [0.3, 0.4) is 0 Å². The molecule has 0 unspecified atom stereocenters. The smallest absolute Gasteiger partial charge is 0.310 e. The Bertz CT molecular complexity index is 759. The number of rotatable bonds is 4. The van der Waals surface area contributed by atoms with Gasteiger partial charge in [0.25, 0.3) is 0 Å². The molecular weight excluding hydrogens is 374 g/mol. The lowest BCUT2D eigenvalue weighted by atomic mass is 9.74. The zero-order chi connectivity index (χ0) is 17.1. The van der Waals surface area contributed by atoms with Crippen LogP contribution >= 0.6 is 15.9 Å². The van der Waals surface area contributed by atoms with E-state index in [-0.39, 0.29) is 11.9 Å². The first kappa shape index (κ1) is 15.6. The Hall–Kier alpha value is -1.92. The molecule has 1 aromatic rings. The van der Waals surface area contributed by atoms with Crippen LogP contribution in [0.4, 0.5) is 5.69 Å². The van der Waals surface area contributed by atoms with E-state index < -0.39 is 29.5 Å². The van der Waals surface area contributed by atoms with Crippen molar-refractivity contribution >= 4 is 33.5 Å². The molecule has 0 aromatic heterocycles. The van der Waals surface area contributed by atoms with Gasteiger partial charge in [-0.05, 0) is 30.7 Å². The van der Waals surface area contributed by atoms with Crippen molar-refractivity contribution in [2.45, 2.75) is 24.2 Å². The fourth-order valence-electron chi connectivity index (χ4n) is 4.29. The normalized spacial score (nSPS) is 36.2. The molecule has 124 valence electrons. The van der Waals surface area contributed by atoms with E-state index in [1.54, 1.807) is 17.1 Å². The van der Waals surface area contributed by atoms with Gasteiger partial charge in [0.05, 0.1) is 18.1 Å². The lowest BCUT2D eigenvalue weighted by Crippen LogP contribution is -2.45. The van der Waals surface area contributed by atoms with Gasteiger partial charge < -0.3 is 14.7 Å². The lowest BCUT2D eigenvalue weighted by molar-refractivity contribution is -0.146. The molecule has 3 aliphatic rings. The Morgan fingerprint density at radius 1 is 1.42 bits per heavy atom. The van der Waals surface area contributed by atoms with E-state index in [2.05, 4.69) is 22.5 Å². The molecule has 6 heteroatoms. The molecule has 2 bridgehead atoms. The number of benzene rings is 1. The van der Waals surface area contributed by atoms with Crippen LogP contribution in [0.1, 0.15) is 6.42 Å². The van der Waals surface area contributed by atoms with Crippen molar-refractivity contribution in [3.63, 3.8) is 0 Å². The number of amides is 1. The van der Waals surface area contributed by atoms with E-state index in [4.69, 9.17) is 4.74 Å². The molecule has 1 aromatic carbocycles. The fraction of sp³-hybridized carbons (Fsp3) is 0.333.